The van der Waals surface area contributed by atoms with E-state index in [9.17, 15) is 9.59 Å². The molecule has 1 atom stereocenters. The fraction of sp³-hybridized carbons (Fsp3) is 0.882. The lowest BCUT2D eigenvalue weighted by molar-refractivity contribution is -0.130. The van der Waals surface area contributed by atoms with Gasteiger partial charge in [0.05, 0.1) is 5.92 Å². The van der Waals surface area contributed by atoms with Crippen LogP contribution in [0.15, 0.2) is 0 Å². The Kier molecular flexibility index (Phi) is 6.07. The number of carbonyl (C=O) groups is 2. The number of rotatable bonds is 5. The maximum absolute atomic E-state index is 12.2. The van der Waals surface area contributed by atoms with Gasteiger partial charge in [-0.15, -0.1) is 0 Å². The zero-order chi connectivity index (χ0) is 15.2. The zero-order valence-electron chi connectivity index (χ0n) is 13.6. The van der Waals surface area contributed by atoms with E-state index >= 15 is 0 Å². The second-order valence-electron chi connectivity index (χ2n) is 7.07. The van der Waals surface area contributed by atoms with Crippen molar-refractivity contribution in [2.75, 3.05) is 13.1 Å². The molecule has 0 aromatic carbocycles. The Morgan fingerprint density at radius 3 is 2.52 bits per heavy atom. The van der Waals surface area contributed by atoms with Crippen LogP contribution in [0.5, 0.6) is 0 Å². The summed E-state index contributed by atoms with van der Waals surface area (Å²) < 4.78 is 0. The van der Waals surface area contributed by atoms with Gasteiger partial charge in [-0.05, 0) is 25.2 Å². The largest absolute Gasteiger partial charge is 0.356 e. The number of carbonyl (C=O) groups excluding carboxylic acids is 2. The topological polar surface area (TPSA) is 49.4 Å². The quantitative estimate of drug-likeness (QED) is 0.793. The van der Waals surface area contributed by atoms with Gasteiger partial charge in [-0.2, -0.15) is 0 Å². The van der Waals surface area contributed by atoms with Crippen molar-refractivity contribution in [1.29, 1.82) is 0 Å². The smallest absolute Gasteiger partial charge is 0.225 e. The van der Waals surface area contributed by atoms with Crippen LogP contribution in [0, 0.1) is 11.8 Å². The van der Waals surface area contributed by atoms with E-state index in [0.717, 1.165) is 25.8 Å². The molecule has 1 unspecified atom stereocenters. The molecule has 4 heteroatoms. The maximum Gasteiger partial charge on any atom is 0.225 e. The van der Waals surface area contributed by atoms with Gasteiger partial charge < -0.3 is 10.2 Å². The van der Waals surface area contributed by atoms with Crippen LogP contribution < -0.4 is 5.32 Å². The molecule has 1 aliphatic heterocycles. The van der Waals surface area contributed by atoms with Gasteiger partial charge in [0.25, 0.3) is 0 Å². The Bertz CT molecular complexity index is 360. The number of hydrogen-bond acceptors (Lipinski definition) is 2. The molecule has 2 rings (SSSR count). The van der Waals surface area contributed by atoms with E-state index in [1.807, 2.05) is 4.90 Å². The molecule has 120 valence electrons. The molecule has 1 saturated carbocycles. The molecular weight excluding hydrogens is 264 g/mol. The zero-order valence-corrected chi connectivity index (χ0v) is 13.6. The Morgan fingerprint density at radius 1 is 1.24 bits per heavy atom. The molecule has 1 saturated heterocycles. The first kappa shape index (κ1) is 16.3. The molecule has 21 heavy (non-hydrogen) atoms. The van der Waals surface area contributed by atoms with Gasteiger partial charge in [0.1, 0.15) is 0 Å². The van der Waals surface area contributed by atoms with Crippen LogP contribution in [0.4, 0.5) is 0 Å². The van der Waals surface area contributed by atoms with Crippen LogP contribution in [0.3, 0.4) is 0 Å². The minimum atomic E-state index is -0.132. The second-order valence-corrected chi connectivity index (χ2v) is 7.07. The molecule has 0 aromatic heterocycles. The van der Waals surface area contributed by atoms with Crippen LogP contribution in [0.1, 0.15) is 65.2 Å². The predicted octanol–water partition coefficient (Wildman–Crippen LogP) is 2.72. The fourth-order valence-electron chi connectivity index (χ4n) is 3.46. The van der Waals surface area contributed by atoms with E-state index in [0.29, 0.717) is 24.9 Å². The van der Waals surface area contributed by atoms with E-state index in [1.54, 1.807) is 0 Å². The highest BCUT2D eigenvalue weighted by Gasteiger charge is 2.37. The minimum Gasteiger partial charge on any atom is -0.356 e. The second kappa shape index (κ2) is 7.81. The summed E-state index contributed by atoms with van der Waals surface area (Å²) in [5.41, 5.74) is 0. The van der Waals surface area contributed by atoms with Gasteiger partial charge in [-0.3, -0.25) is 9.59 Å². The summed E-state index contributed by atoms with van der Waals surface area (Å²) in [7, 11) is 0. The van der Waals surface area contributed by atoms with Gasteiger partial charge in [0.15, 0.2) is 0 Å². The van der Waals surface area contributed by atoms with Crippen LogP contribution >= 0.6 is 0 Å². The van der Waals surface area contributed by atoms with Gasteiger partial charge in [0, 0.05) is 25.6 Å². The van der Waals surface area contributed by atoms with Crippen LogP contribution in [0.25, 0.3) is 0 Å². The summed E-state index contributed by atoms with van der Waals surface area (Å²) in [4.78, 5) is 26.4. The number of nitrogens with one attached hydrogen (secondary N) is 1. The molecule has 0 bridgehead atoms. The Labute approximate surface area is 128 Å². The first-order valence-electron chi connectivity index (χ1n) is 8.65. The van der Waals surface area contributed by atoms with Crippen molar-refractivity contribution in [2.45, 2.75) is 71.3 Å². The van der Waals surface area contributed by atoms with Crippen molar-refractivity contribution in [3.8, 4) is 0 Å². The molecule has 1 heterocycles. The first-order valence-corrected chi connectivity index (χ1v) is 8.65. The highest BCUT2D eigenvalue weighted by atomic mass is 16.2. The van der Waals surface area contributed by atoms with Crippen molar-refractivity contribution in [2.24, 2.45) is 11.8 Å². The van der Waals surface area contributed by atoms with E-state index in [4.69, 9.17) is 0 Å². The highest BCUT2D eigenvalue weighted by molar-refractivity contribution is 5.89. The van der Waals surface area contributed by atoms with E-state index in [-0.39, 0.29) is 17.7 Å². The molecular formula is C17H30N2O2. The summed E-state index contributed by atoms with van der Waals surface area (Å²) >= 11 is 0. The normalized spacial score (nSPS) is 24.4. The molecule has 0 spiro atoms. The summed E-state index contributed by atoms with van der Waals surface area (Å²) in [6.07, 6.45) is 8.66. The standard InChI is InChI=1S/C17H30N2O2/c1-13(2)9-10-18-17(21)14-11-16(20)19(12-14)15-7-5-3-4-6-8-15/h13-15H,3-12H2,1-2H3,(H,18,21). The highest BCUT2D eigenvalue weighted by Crippen LogP contribution is 2.28. The first-order chi connectivity index (χ1) is 10.1. The Balaban J connectivity index is 1.82. The van der Waals surface area contributed by atoms with Gasteiger partial charge in [-0.25, -0.2) is 0 Å². The summed E-state index contributed by atoms with van der Waals surface area (Å²) in [6, 6.07) is 0.383. The maximum atomic E-state index is 12.2. The predicted molar refractivity (Wildman–Crippen MR) is 83.8 cm³/mol. The third kappa shape index (κ3) is 4.72. The molecule has 0 radical (unpaired) electrons. The Hall–Kier alpha value is -1.06. The molecule has 1 N–H and O–H groups in total. The molecule has 2 fully saturated rings. The van der Waals surface area contributed by atoms with E-state index in [1.165, 1.54) is 25.7 Å². The number of nitrogens with zero attached hydrogens (tertiary/aromatic N) is 1. The van der Waals surface area contributed by atoms with Crippen LogP contribution in [0.2, 0.25) is 0 Å². The van der Waals surface area contributed by atoms with Crippen molar-refractivity contribution >= 4 is 11.8 Å². The number of likely N-dealkylation sites (tertiary alicyclic amines) is 1. The average Bonchev–Trinajstić information content (AvgIpc) is 2.65. The SMILES string of the molecule is CC(C)CCNC(=O)C1CC(=O)N(C2CCCCCC2)C1. The Morgan fingerprint density at radius 2 is 1.90 bits per heavy atom. The number of amides is 2. The van der Waals surface area contributed by atoms with Crippen molar-refractivity contribution in [1.82, 2.24) is 10.2 Å². The van der Waals surface area contributed by atoms with Crippen molar-refractivity contribution in [3.05, 3.63) is 0 Å². The molecule has 0 aromatic rings. The van der Waals surface area contributed by atoms with Gasteiger partial charge in [-0.1, -0.05) is 39.5 Å². The van der Waals surface area contributed by atoms with Crippen LogP contribution in [-0.4, -0.2) is 35.8 Å². The van der Waals surface area contributed by atoms with Gasteiger partial charge >= 0.3 is 0 Å². The summed E-state index contributed by atoms with van der Waals surface area (Å²) in [5.74, 6) is 0.719. The lowest BCUT2D eigenvalue weighted by atomic mass is 10.1. The van der Waals surface area contributed by atoms with E-state index < -0.39 is 0 Å². The lowest BCUT2D eigenvalue weighted by Gasteiger charge is -2.27. The third-order valence-corrected chi connectivity index (χ3v) is 4.82. The molecule has 2 amide bonds. The van der Waals surface area contributed by atoms with Crippen molar-refractivity contribution in [3.63, 3.8) is 0 Å². The van der Waals surface area contributed by atoms with Gasteiger partial charge in [0.2, 0.25) is 11.8 Å². The van der Waals surface area contributed by atoms with E-state index in [2.05, 4.69) is 19.2 Å². The average molecular weight is 294 g/mol. The molecule has 1 aliphatic carbocycles. The summed E-state index contributed by atoms with van der Waals surface area (Å²) in [6.45, 7) is 5.67. The molecule has 4 nitrogen and oxygen atoms in total. The minimum absolute atomic E-state index is 0.0696. The third-order valence-electron chi connectivity index (χ3n) is 4.82. The fourth-order valence-corrected chi connectivity index (χ4v) is 3.46. The summed E-state index contributed by atoms with van der Waals surface area (Å²) in [5, 5.41) is 2.99. The van der Waals surface area contributed by atoms with Crippen LogP contribution in [-0.2, 0) is 9.59 Å². The lowest BCUT2D eigenvalue weighted by Crippen LogP contribution is -2.38. The monoisotopic (exact) mass is 294 g/mol. The number of hydrogen-bond donors (Lipinski definition) is 1. The van der Waals surface area contributed by atoms with Crippen molar-refractivity contribution < 1.29 is 9.59 Å². The molecule has 2 aliphatic rings.